The minimum atomic E-state index is 0.729. The Hall–Kier alpha value is -2.15. The molecule has 1 aliphatic heterocycles. The summed E-state index contributed by atoms with van der Waals surface area (Å²) in [6, 6.07) is 7.95. The van der Waals surface area contributed by atoms with Crippen molar-refractivity contribution in [3.63, 3.8) is 0 Å². The summed E-state index contributed by atoms with van der Waals surface area (Å²) in [6.45, 7) is 1.55. The van der Waals surface area contributed by atoms with Crippen LogP contribution in [0.5, 0.6) is 11.5 Å². The van der Waals surface area contributed by atoms with E-state index in [9.17, 15) is 0 Å². The molecule has 0 fully saturated rings. The van der Waals surface area contributed by atoms with Crippen molar-refractivity contribution >= 4 is 5.69 Å². The molecule has 1 aliphatic rings. The van der Waals surface area contributed by atoms with Crippen molar-refractivity contribution in [2.24, 2.45) is 0 Å². The lowest BCUT2D eigenvalue weighted by molar-refractivity contribution is 0.403. The molecule has 0 bridgehead atoms. The molecule has 0 unspecified atom stereocenters. The maximum absolute atomic E-state index is 8.85. The lowest BCUT2D eigenvalue weighted by Crippen LogP contribution is -2.28. The van der Waals surface area contributed by atoms with Crippen LogP contribution in [0.4, 0.5) is 5.69 Å². The average molecular weight is 244 g/mol. The highest BCUT2D eigenvalue weighted by Crippen LogP contribution is 2.33. The molecule has 1 aromatic rings. The third-order valence-corrected chi connectivity index (χ3v) is 3.08. The molecule has 0 aliphatic carbocycles. The standard InChI is InChI=1S/C14H16N2O2/c1-17-12-3-4-14(18-2)13(9-12)16-7-5-11(10-15)6-8-16/h3-5,9H,6-8H2,1-2H3. The molecular weight excluding hydrogens is 228 g/mol. The number of benzene rings is 1. The molecule has 94 valence electrons. The van der Waals surface area contributed by atoms with Gasteiger partial charge in [-0.1, -0.05) is 6.08 Å². The molecule has 0 saturated carbocycles. The van der Waals surface area contributed by atoms with Gasteiger partial charge in [0.05, 0.1) is 26.0 Å². The Kier molecular flexibility index (Phi) is 3.73. The molecule has 18 heavy (non-hydrogen) atoms. The number of hydrogen-bond donors (Lipinski definition) is 0. The van der Waals surface area contributed by atoms with Crippen LogP contribution >= 0.6 is 0 Å². The lowest BCUT2D eigenvalue weighted by atomic mass is 10.1. The second kappa shape index (κ2) is 5.46. The normalized spacial score (nSPS) is 14.7. The molecule has 0 saturated heterocycles. The summed E-state index contributed by atoms with van der Waals surface area (Å²) in [5.74, 6) is 1.63. The predicted octanol–water partition coefficient (Wildman–Crippen LogP) is 2.36. The van der Waals surface area contributed by atoms with E-state index >= 15 is 0 Å². The van der Waals surface area contributed by atoms with Crippen molar-refractivity contribution in [2.75, 3.05) is 32.2 Å². The van der Waals surface area contributed by atoms with Crippen LogP contribution < -0.4 is 14.4 Å². The maximum atomic E-state index is 8.85. The third kappa shape index (κ3) is 2.40. The number of anilines is 1. The Morgan fingerprint density at radius 1 is 1.28 bits per heavy atom. The molecule has 0 N–H and O–H groups in total. The van der Waals surface area contributed by atoms with Crippen molar-refractivity contribution in [1.82, 2.24) is 0 Å². The maximum Gasteiger partial charge on any atom is 0.142 e. The van der Waals surface area contributed by atoms with E-state index < -0.39 is 0 Å². The van der Waals surface area contributed by atoms with E-state index in [1.54, 1.807) is 14.2 Å². The fourth-order valence-electron chi connectivity index (χ4n) is 2.03. The molecule has 0 atom stereocenters. The number of nitrogens with zero attached hydrogens (tertiary/aromatic N) is 2. The smallest absolute Gasteiger partial charge is 0.142 e. The highest BCUT2D eigenvalue weighted by molar-refractivity contribution is 5.62. The fourth-order valence-corrected chi connectivity index (χ4v) is 2.03. The quantitative estimate of drug-likeness (QED) is 0.818. The number of rotatable bonds is 3. The number of methoxy groups -OCH3 is 2. The van der Waals surface area contributed by atoms with Crippen LogP contribution in [0.1, 0.15) is 6.42 Å². The molecule has 0 radical (unpaired) electrons. The largest absolute Gasteiger partial charge is 0.497 e. The second-order valence-corrected chi connectivity index (χ2v) is 4.07. The van der Waals surface area contributed by atoms with Gasteiger partial charge in [-0.05, 0) is 18.6 Å². The van der Waals surface area contributed by atoms with Crippen LogP contribution in [0.15, 0.2) is 29.8 Å². The van der Waals surface area contributed by atoms with Gasteiger partial charge in [0.25, 0.3) is 0 Å². The first-order chi connectivity index (χ1) is 8.78. The van der Waals surface area contributed by atoms with Gasteiger partial charge in [-0.25, -0.2) is 0 Å². The van der Waals surface area contributed by atoms with Crippen LogP contribution in [0.3, 0.4) is 0 Å². The zero-order valence-corrected chi connectivity index (χ0v) is 10.6. The van der Waals surface area contributed by atoms with Crippen molar-refractivity contribution in [1.29, 1.82) is 5.26 Å². The topological polar surface area (TPSA) is 45.5 Å². The zero-order valence-electron chi connectivity index (χ0n) is 10.6. The Balaban J connectivity index is 2.28. The van der Waals surface area contributed by atoms with Crippen LogP contribution in [0.2, 0.25) is 0 Å². The zero-order chi connectivity index (χ0) is 13.0. The fraction of sp³-hybridized carbons (Fsp3) is 0.357. The van der Waals surface area contributed by atoms with Crippen LogP contribution in [-0.2, 0) is 0 Å². The summed E-state index contributed by atoms with van der Waals surface area (Å²) in [5, 5.41) is 8.85. The van der Waals surface area contributed by atoms with Gasteiger partial charge in [0.2, 0.25) is 0 Å². The van der Waals surface area contributed by atoms with Crippen LogP contribution in [0, 0.1) is 11.3 Å². The molecule has 0 amide bonds. The number of hydrogen-bond acceptors (Lipinski definition) is 4. The number of nitriles is 1. The first-order valence-electron chi connectivity index (χ1n) is 5.84. The van der Waals surface area contributed by atoms with Gasteiger partial charge in [-0.2, -0.15) is 5.26 Å². The summed E-state index contributed by atoms with van der Waals surface area (Å²) in [7, 11) is 3.31. The van der Waals surface area contributed by atoms with Crippen LogP contribution in [-0.4, -0.2) is 27.3 Å². The number of ether oxygens (including phenoxy) is 2. The summed E-state index contributed by atoms with van der Waals surface area (Å²) in [4.78, 5) is 2.18. The van der Waals surface area contributed by atoms with Crippen molar-refractivity contribution in [2.45, 2.75) is 6.42 Å². The first-order valence-corrected chi connectivity index (χ1v) is 5.84. The molecular formula is C14H16N2O2. The Bertz CT molecular complexity index is 503. The molecule has 1 heterocycles. The van der Waals surface area contributed by atoms with Crippen molar-refractivity contribution in [3.05, 3.63) is 29.8 Å². The molecule has 0 aromatic heterocycles. The van der Waals surface area contributed by atoms with E-state index in [0.717, 1.165) is 42.3 Å². The second-order valence-electron chi connectivity index (χ2n) is 4.07. The van der Waals surface area contributed by atoms with Gasteiger partial charge >= 0.3 is 0 Å². The highest BCUT2D eigenvalue weighted by atomic mass is 16.5. The Labute approximate surface area is 107 Å². The third-order valence-electron chi connectivity index (χ3n) is 3.08. The molecule has 4 nitrogen and oxygen atoms in total. The van der Waals surface area contributed by atoms with E-state index in [1.807, 2.05) is 24.3 Å². The summed E-state index contributed by atoms with van der Waals surface area (Å²) in [5.41, 5.74) is 1.86. The predicted molar refractivity (Wildman–Crippen MR) is 70.1 cm³/mol. The van der Waals surface area contributed by atoms with Crippen molar-refractivity contribution < 1.29 is 9.47 Å². The summed E-state index contributed by atoms with van der Waals surface area (Å²) >= 11 is 0. The monoisotopic (exact) mass is 244 g/mol. The van der Waals surface area contributed by atoms with E-state index in [-0.39, 0.29) is 0 Å². The first kappa shape index (κ1) is 12.3. The van der Waals surface area contributed by atoms with Crippen LogP contribution in [0.25, 0.3) is 0 Å². The molecule has 4 heteroatoms. The molecule has 1 aromatic carbocycles. The minimum Gasteiger partial charge on any atom is -0.497 e. The van der Waals surface area contributed by atoms with E-state index in [4.69, 9.17) is 14.7 Å². The average Bonchev–Trinajstić information content (AvgIpc) is 2.46. The molecule has 2 rings (SSSR count). The Morgan fingerprint density at radius 2 is 2.11 bits per heavy atom. The lowest BCUT2D eigenvalue weighted by Gasteiger charge is -2.28. The van der Waals surface area contributed by atoms with Gasteiger partial charge in [0.1, 0.15) is 11.5 Å². The molecule has 0 spiro atoms. The van der Waals surface area contributed by atoms with Gasteiger partial charge in [0, 0.05) is 24.7 Å². The minimum absolute atomic E-state index is 0.729. The SMILES string of the molecule is COc1ccc(OC)c(N2CC=C(C#N)CC2)c1. The van der Waals surface area contributed by atoms with Gasteiger partial charge < -0.3 is 14.4 Å². The van der Waals surface area contributed by atoms with E-state index in [2.05, 4.69) is 11.0 Å². The Morgan fingerprint density at radius 3 is 2.67 bits per heavy atom. The van der Waals surface area contributed by atoms with Gasteiger partial charge in [-0.3, -0.25) is 0 Å². The van der Waals surface area contributed by atoms with Gasteiger partial charge in [0.15, 0.2) is 0 Å². The van der Waals surface area contributed by atoms with Crippen molar-refractivity contribution in [3.8, 4) is 17.6 Å². The highest BCUT2D eigenvalue weighted by Gasteiger charge is 2.16. The summed E-state index contributed by atoms with van der Waals surface area (Å²) in [6.07, 6.45) is 2.74. The van der Waals surface area contributed by atoms with Gasteiger partial charge in [-0.15, -0.1) is 0 Å². The van der Waals surface area contributed by atoms with E-state index in [1.165, 1.54) is 0 Å². The van der Waals surface area contributed by atoms with E-state index in [0.29, 0.717) is 0 Å². The summed E-state index contributed by atoms with van der Waals surface area (Å²) < 4.78 is 10.6.